The highest BCUT2D eigenvalue weighted by atomic mass is 31.2. The standard InChI is InChI=1S/C23H34NO5P/c1-6-9-10-22(30(26,28-7-2)29-8-3)24-23(25)17(4)18-11-12-20-16-21(27-5)14-13-19(20)15-18/h11-17,22H,6-10H2,1-5H3,(H,24,25)/t17-,22+/m0/s1. The number of nitrogens with one attached hydrogen (secondary N) is 1. The molecule has 7 heteroatoms. The average Bonchev–Trinajstić information content (AvgIpc) is 2.75. The van der Waals surface area contributed by atoms with E-state index in [9.17, 15) is 9.36 Å². The molecule has 0 saturated heterocycles. The summed E-state index contributed by atoms with van der Waals surface area (Å²) in [6.07, 6.45) is 2.29. The number of hydrogen-bond acceptors (Lipinski definition) is 5. The Morgan fingerprint density at radius 3 is 2.27 bits per heavy atom. The molecule has 2 aromatic rings. The van der Waals surface area contributed by atoms with Crippen molar-refractivity contribution in [2.75, 3.05) is 20.3 Å². The molecule has 0 fully saturated rings. The third-order valence-electron chi connectivity index (χ3n) is 5.10. The van der Waals surface area contributed by atoms with E-state index in [1.54, 1.807) is 21.0 Å². The van der Waals surface area contributed by atoms with Crippen molar-refractivity contribution in [2.45, 2.75) is 58.7 Å². The van der Waals surface area contributed by atoms with Crippen LogP contribution in [0.3, 0.4) is 0 Å². The highest BCUT2D eigenvalue weighted by Crippen LogP contribution is 2.53. The second kappa shape index (κ2) is 11.5. The summed E-state index contributed by atoms with van der Waals surface area (Å²) in [6.45, 7) is 7.98. The van der Waals surface area contributed by atoms with E-state index in [-0.39, 0.29) is 19.1 Å². The van der Waals surface area contributed by atoms with E-state index >= 15 is 0 Å². The molecule has 6 nitrogen and oxygen atoms in total. The topological polar surface area (TPSA) is 73.9 Å². The maximum atomic E-state index is 13.3. The quantitative estimate of drug-likeness (QED) is 0.423. The van der Waals surface area contributed by atoms with Gasteiger partial charge in [0.2, 0.25) is 5.91 Å². The van der Waals surface area contributed by atoms with E-state index < -0.39 is 19.3 Å². The fourth-order valence-corrected chi connectivity index (χ4v) is 5.30. The minimum Gasteiger partial charge on any atom is -0.497 e. The molecule has 0 radical (unpaired) electrons. The van der Waals surface area contributed by atoms with Crippen molar-refractivity contribution < 1.29 is 23.1 Å². The van der Waals surface area contributed by atoms with Gasteiger partial charge in [-0.2, -0.15) is 0 Å². The molecule has 2 aromatic carbocycles. The molecule has 0 aromatic heterocycles. The number of rotatable bonds is 12. The lowest BCUT2D eigenvalue weighted by Crippen LogP contribution is -2.38. The Bertz CT molecular complexity index is 875. The maximum absolute atomic E-state index is 13.3. The van der Waals surface area contributed by atoms with Gasteiger partial charge in [-0.05, 0) is 55.7 Å². The van der Waals surface area contributed by atoms with Crippen LogP contribution in [0.15, 0.2) is 36.4 Å². The molecule has 2 rings (SSSR count). The SMILES string of the molecule is CCCC[C@H](NC(=O)[C@@H](C)c1ccc2cc(OC)ccc2c1)P(=O)(OCC)OCC. The van der Waals surface area contributed by atoms with Crippen LogP contribution in [-0.4, -0.2) is 32.0 Å². The number of unbranched alkanes of at least 4 members (excludes halogenated alkanes) is 1. The van der Waals surface area contributed by atoms with Crippen molar-refractivity contribution in [3.63, 3.8) is 0 Å². The van der Waals surface area contributed by atoms with Crippen molar-refractivity contribution in [2.24, 2.45) is 0 Å². The molecule has 0 spiro atoms. The smallest absolute Gasteiger partial charge is 0.352 e. The molecule has 0 heterocycles. The monoisotopic (exact) mass is 435 g/mol. The Kier molecular flexibility index (Phi) is 9.35. The van der Waals surface area contributed by atoms with Crippen LogP contribution in [-0.2, 0) is 18.4 Å². The Labute approximate surface area is 179 Å². The number of amides is 1. The lowest BCUT2D eigenvalue weighted by atomic mass is 9.97. The lowest BCUT2D eigenvalue weighted by molar-refractivity contribution is -0.122. The van der Waals surface area contributed by atoms with Gasteiger partial charge in [-0.3, -0.25) is 9.36 Å². The summed E-state index contributed by atoms with van der Waals surface area (Å²) in [5.41, 5.74) is 0.891. The van der Waals surface area contributed by atoms with E-state index in [2.05, 4.69) is 12.2 Å². The predicted octanol–water partition coefficient (Wildman–Crippen LogP) is 5.85. The zero-order valence-electron chi connectivity index (χ0n) is 18.6. The van der Waals surface area contributed by atoms with Crippen LogP contribution in [0.5, 0.6) is 5.75 Å². The molecule has 166 valence electrons. The summed E-state index contributed by atoms with van der Waals surface area (Å²) < 4.78 is 29.6. The minimum atomic E-state index is -3.44. The van der Waals surface area contributed by atoms with Gasteiger partial charge in [-0.15, -0.1) is 0 Å². The number of benzene rings is 2. The third-order valence-corrected chi connectivity index (χ3v) is 7.49. The summed E-state index contributed by atoms with van der Waals surface area (Å²) in [6, 6.07) is 11.8. The summed E-state index contributed by atoms with van der Waals surface area (Å²) in [5, 5.41) is 5.03. The molecule has 0 aliphatic rings. The first kappa shape index (κ1) is 24.4. The first-order chi connectivity index (χ1) is 14.4. The van der Waals surface area contributed by atoms with Crippen LogP contribution in [0.2, 0.25) is 0 Å². The fraction of sp³-hybridized carbons (Fsp3) is 0.522. The van der Waals surface area contributed by atoms with Crippen LogP contribution < -0.4 is 10.1 Å². The van der Waals surface area contributed by atoms with Crippen molar-refractivity contribution in [3.05, 3.63) is 42.0 Å². The van der Waals surface area contributed by atoms with Crippen molar-refractivity contribution in [3.8, 4) is 5.75 Å². The number of carbonyl (C=O) groups is 1. The van der Waals surface area contributed by atoms with Crippen LogP contribution in [0.1, 0.15) is 58.4 Å². The van der Waals surface area contributed by atoms with Gasteiger partial charge in [0.15, 0.2) is 0 Å². The van der Waals surface area contributed by atoms with Crippen molar-refractivity contribution in [1.82, 2.24) is 5.32 Å². The number of hydrogen-bond donors (Lipinski definition) is 1. The van der Waals surface area contributed by atoms with E-state index in [4.69, 9.17) is 13.8 Å². The molecular formula is C23H34NO5P. The van der Waals surface area contributed by atoms with Gasteiger partial charge in [0.1, 0.15) is 11.5 Å². The molecular weight excluding hydrogens is 401 g/mol. The molecule has 0 bridgehead atoms. The molecule has 2 atom stereocenters. The molecule has 0 aliphatic heterocycles. The molecule has 0 saturated carbocycles. The Hall–Kier alpha value is -1.88. The van der Waals surface area contributed by atoms with E-state index in [1.165, 1.54) is 0 Å². The first-order valence-electron chi connectivity index (χ1n) is 10.6. The zero-order chi connectivity index (χ0) is 22.1. The average molecular weight is 436 g/mol. The highest BCUT2D eigenvalue weighted by molar-refractivity contribution is 7.54. The Morgan fingerprint density at radius 1 is 1.03 bits per heavy atom. The second-order valence-electron chi connectivity index (χ2n) is 7.24. The lowest BCUT2D eigenvalue weighted by Gasteiger charge is -2.28. The molecule has 0 unspecified atom stereocenters. The summed E-state index contributed by atoms with van der Waals surface area (Å²) in [7, 11) is -1.80. The number of carbonyl (C=O) groups excluding carboxylic acids is 1. The minimum absolute atomic E-state index is 0.191. The van der Waals surface area contributed by atoms with E-state index in [0.717, 1.165) is 34.9 Å². The third kappa shape index (κ3) is 6.07. The molecule has 1 N–H and O–H groups in total. The van der Waals surface area contributed by atoms with Crippen LogP contribution in [0.25, 0.3) is 10.8 Å². The number of fused-ring (bicyclic) bond motifs is 1. The van der Waals surface area contributed by atoms with Crippen LogP contribution in [0.4, 0.5) is 0 Å². The Balaban J connectivity index is 2.23. The first-order valence-corrected chi connectivity index (χ1v) is 12.3. The maximum Gasteiger partial charge on any atom is 0.352 e. The van der Waals surface area contributed by atoms with Gasteiger partial charge < -0.3 is 19.1 Å². The van der Waals surface area contributed by atoms with Crippen molar-refractivity contribution in [1.29, 1.82) is 0 Å². The predicted molar refractivity (Wildman–Crippen MR) is 121 cm³/mol. The second-order valence-corrected chi connectivity index (χ2v) is 9.46. The summed E-state index contributed by atoms with van der Waals surface area (Å²) in [5.74, 6) is -0.458. The fourth-order valence-electron chi connectivity index (χ4n) is 3.36. The molecule has 1 amide bonds. The largest absolute Gasteiger partial charge is 0.497 e. The normalized spacial score (nSPS) is 13.8. The number of methoxy groups -OCH3 is 1. The molecule has 30 heavy (non-hydrogen) atoms. The van der Waals surface area contributed by atoms with E-state index in [0.29, 0.717) is 6.42 Å². The van der Waals surface area contributed by atoms with Crippen molar-refractivity contribution >= 4 is 24.3 Å². The van der Waals surface area contributed by atoms with Crippen LogP contribution in [0, 0.1) is 0 Å². The number of ether oxygens (including phenoxy) is 1. The highest BCUT2D eigenvalue weighted by Gasteiger charge is 2.37. The van der Waals surface area contributed by atoms with Crippen LogP contribution >= 0.6 is 7.60 Å². The van der Waals surface area contributed by atoms with Gasteiger partial charge >= 0.3 is 7.60 Å². The zero-order valence-corrected chi connectivity index (χ0v) is 19.5. The summed E-state index contributed by atoms with van der Waals surface area (Å²) in [4.78, 5) is 13.0. The van der Waals surface area contributed by atoms with Gasteiger partial charge in [0.05, 0.1) is 26.2 Å². The Morgan fingerprint density at radius 2 is 1.67 bits per heavy atom. The van der Waals surface area contributed by atoms with Gasteiger partial charge in [-0.25, -0.2) is 0 Å². The summed E-state index contributed by atoms with van der Waals surface area (Å²) >= 11 is 0. The van der Waals surface area contributed by atoms with Gasteiger partial charge in [-0.1, -0.05) is 44.0 Å². The molecule has 0 aliphatic carbocycles. The van der Waals surface area contributed by atoms with Gasteiger partial charge in [0, 0.05) is 0 Å². The van der Waals surface area contributed by atoms with E-state index in [1.807, 2.05) is 43.3 Å². The van der Waals surface area contributed by atoms with Gasteiger partial charge in [0.25, 0.3) is 0 Å².